The van der Waals surface area contributed by atoms with E-state index in [-0.39, 0.29) is 0 Å². The number of nitrogens with one attached hydrogen (secondary N) is 1. The van der Waals surface area contributed by atoms with Crippen LogP contribution >= 0.6 is 11.3 Å². The molecule has 3 heteroatoms. The lowest BCUT2D eigenvalue weighted by Gasteiger charge is -2.21. The molecule has 1 aromatic rings. The van der Waals surface area contributed by atoms with Crippen molar-refractivity contribution in [2.24, 2.45) is 5.92 Å². The molecule has 1 N–H and O–H groups in total. The van der Waals surface area contributed by atoms with Gasteiger partial charge in [0.25, 0.3) is 0 Å². The monoisotopic (exact) mass is 182 g/mol. The summed E-state index contributed by atoms with van der Waals surface area (Å²) >= 11 is 1.78. The lowest BCUT2D eigenvalue weighted by molar-refractivity contribution is 0.376. The molecular formula is C9H14N2S. The SMILES string of the molecule is c1csc(C[C@@H]2CCCNC2)n1. The van der Waals surface area contributed by atoms with Crippen LogP contribution in [0.5, 0.6) is 0 Å². The number of hydrogen-bond acceptors (Lipinski definition) is 3. The fourth-order valence-corrected chi connectivity index (χ4v) is 2.43. The zero-order chi connectivity index (χ0) is 8.23. The number of rotatable bonds is 2. The first kappa shape index (κ1) is 8.20. The Kier molecular flexibility index (Phi) is 2.74. The van der Waals surface area contributed by atoms with Gasteiger partial charge in [-0.25, -0.2) is 4.98 Å². The first-order valence-electron chi connectivity index (χ1n) is 4.54. The zero-order valence-corrected chi connectivity index (χ0v) is 7.94. The fraction of sp³-hybridized carbons (Fsp3) is 0.667. The summed E-state index contributed by atoms with van der Waals surface area (Å²) in [5.41, 5.74) is 0. The van der Waals surface area contributed by atoms with Crippen LogP contribution in [0.2, 0.25) is 0 Å². The Hall–Kier alpha value is -0.410. The minimum atomic E-state index is 0.824. The third-order valence-corrected chi connectivity index (χ3v) is 3.15. The maximum absolute atomic E-state index is 4.30. The van der Waals surface area contributed by atoms with E-state index in [0.29, 0.717) is 0 Å². The highest BCUT2D eigenvalue weighted by Crippen LogP contribution is 2.17. The number of nitrogens with zero attached hydrogens (tertiary/aromatic N) is 1. The van der Waals surface area contributed by atoms with Gasteiger partial charge in [0.2, 0.25) is 0 Å². The Bertz CT molecular complexity index is 214. The number of hydrogen-bond donors (Lipinski definition) is 1. The van der Waals surface area contributed by atoms with Crippen LogP contribution in [0.25, 0.3) is 0 Å². The smallest absolute Gasteiger partial charge is 0.0928 e. The van der Waals surface area contributed by atoms with Crippen LogP contribution in [0.15, 0.2) is 11.6 Å². The summed E-state index contributed by atoms with van der Waals surface area (Å²) in [5.74, 6) is 0.824. The number of piperidine rings is 1. The Morgan fingerprint density at radius 3 is 3.33 bits per heavy atom. The van der Waals surface area contributed by atoms with Gasteiger partial charge in [-0.1, -0.05) is 0 Å². The van der Waals surface area contributed by atoms with Gasteiger partial charge in [-0.2, -0.15) is 0 Å². The van der Waals surface area contributed by atoms with Gasteiger partial charge in [-0.05, 0) is 31.8 Å². The Morgan fingerprint density at radius 1 is 1.67 bits per heavy atom. The van der Waals surface area contributed by atoms with Gasteiger partial charge in [0, 0.05) is 18.0 Å². The fourth-order valence-electron chi connectivity index (χ4n) is 1.70. The molecule has 2 nitrogen and oxygen atoms in total. The van der Waals surface area contributed by atoms with E-state index >= 15 is 0 Å². The molecule has 2 rings (SSSR count). The summed E-state index contributed by atoms with van der Waals surface area (Å²) in [4.78, 5) is 4.30. The molecule has 1 atom stereocenters. The Labute approximate surface area is 77.0 Å². The molecule has 0 aliphatic carbocycles. The standard InChI is InChI=1S/C9H14N2S/c1-2-8(7-10-3-1)6-9-11-4-5-12-9/h4-5,8,10H,1-3,6-7H2/t8-/m0/s1. The minimum absolute atomic E-state index is 0.824. The summed E-state index contributed by atoms with van der Waals surface area (Å²) in [6.45, 7) is 2.38. The highest BCUT2D eigenvalue weighted by atomic mass is 32.1. The average molecular weight is 182 g/mol. The molecule has 12 heavy (non-hydrogen) atoms. The summed E-state index contributed by atoms with van der Waals surface area (Å²) in [6.07, 6.45) is 5.77. The minimum Gasteiger partial charge on any atom is -0.316 e. The van der Waals surface area contributed by atoms with E-state index in [9.17, 15) is 0 Å². The van der Waals surface area contributed by atoms with Crippen molar-refractivity contribution in [1.82, 2.24) is 10.3 Å². The van der Waals surface area contributed by atoms with Crippen molar-refractivity contribution in [2.45, 2.75) is 19.3 Å². The van der Waals surface area contributed by atoms with Gasteiger partial charge in [0.15, 0.2) is 0 Å². The van der Waals surface area contributed by atoms with E-state index in [1.54, 1.807) is 11.3 Å². The lowest BCUT2D eigenvalue weighted by atomic mass is 9.97. The number of thiazole rings is 1. The maximum atomic E-state index is 4.30. The maximum Gasteiger partial charge on any atom is 0.0928 e. The van der Waals surface area contributed by atoms with E-state index in [2.05, 4.69) is 15.7 Å². The van der Waals surface area contributed by atoms with Crippen molar-refractivity contribution in [3.63, 3.8) is 0 Å². The van der Waals surface area contributed by atoms with Gasteiger partial charge in [-0.15, -0.1) is 11.3 Å². The Morgan fingerprint density at radius 2 is 2.67 bits per heavy atom. The molecule has 2 heterocycles. The molecule has 0 amide bonds. The Balaban J connectivity index is 1.86. The van der Waals surface area contributed by atoms with Crippen molar-refractivity contribution in [2.75, 3.05) is 13.1 Å². The molecule has 1 saturated heterocycles. The second-order valence-corrected chi connectivity index (χ2v) is 4.32. The second kappa shape index (κ2) is 4.01. The van der Waals surface area contributed by atoms with Crippen molar-refractivity contribution in [3.05, 3.63) is 16.6 Å². The molecule has 66 valence electrons. The summed E-state index contributed by atoms with van der Waals surface area (Å²) in [5, 5.41) is 6.78. The third kappa shape index (κ3) is 2.05. The van der Waals surface area contributed by atoms with Gasteiger partial charge in [-0.3, -0.25) is 0 Å². The van der Waals surface area contributed by atoms with Crippen LogP contribution in [0.1, 0.15) is 17.8 Å². The molecular weight excluding hydrogens is 168 g/mol. The molecule has 0 unspecified atom stereocenters. The van der Waals surface area contributed by atoms with Crippen LogP contribution in [-0.4, -0.2) is 18.1 Å². The molecule has 1 aliphatic rings. The van der Waals surface area contributed by atoms with Crippen LogP contribution in [-0.2, 0) is 6.42 Å². The molecule has 1 aromatic heterocycles. The van der Waals surface area contributed by atoms with E-state index in [1.165, 1.54) is 37.4 Å². The molecule has 1 fully saturated rings. The molecule has 0 spiro atoms. The quantitative estimate of drug-likeness (QED) is 0.753. The highest BCUT2D eigenvalue weighted by Gasteiger charge is 2.13. The first-order chi connectivity index (χ1) is 5.95. The van der Waals surface area contributed by atoms with Crippen molar-refractivity contribution < 1.29 is 0 Å². The van der Waals surface area contributed by atoms with Crippen molar-refractivity contribution in [3.8, 4) is 0 Å². The summed E-state index contributed by atoms with van der Waals surface area (Å²) < 4.78 is 0. The first-order valence-corrected chi connectivity index (χ1v) is 5.42. The normalized spacial score (nSPS) is 24.2. The summed E-state index contributed by atoms with van der Waals surface area (Å²) in [7, 11) is 0. The molecule has 0 saturated carbocycles. The molecule has 1 aliphatic heterocycles. The summed E-state index contributed by atoms with van der Waals surface area (Å²) in [6, 6.07) is 0. The average Bonchev–Trinajstić information content (AvgIpc) is 2.59. The van der Waals surface area contributed by atoms with Gasteiger partial charge >= 0.3 is 0 Å². The lowest BCUT2D eigenvalue weighted by Crippen LogP contribution is -2.30. The van der Waals surface area contributed by atoms with E-state index in [1.807, 2.05) is 6.20 Å². The van der Waals surface area contributed by atoms with E-state index in [4.69, 9.17) is 0 Å². The molecule has 0 radical (unpaired) electrons. The molecule has 0 aromatic carbocycles. The van der Waals surface area contributed by atoms with Crippen LogP contribution in [0.4, 0.5) is 0 Å². The highest BCUT2D eigenvalue weighted by molar-refractivity contribution is 7.09. The number of aromatic nitrogens is 1. The third-order valence-electron chi connectivity index (χ3n) is 2.35. The predicted octanol–water partition coefficient (Wildman–Crippen LogP) is 1.69. The van der Waals surface area contributed by atoms with Gasteiger partial charge in [0.05, 0.1) is 5.01 Å². The van der Waals surface area contributed by atoms with E-state index in [0.717, 1.165) is 5.92 Å². The predicted molar refractivity (Wildman–Crippen MR) is 51.4 cm³/mol. The van der Waals surface area contributed by atoms with Crippen LogP contribution in [0.3, 0.4) is 0 Å². The van der Waals surface area contributed by atoms with Gasteiger partial charge in [0.1, 0.15) is 0 Å². The van der Waals surface area contributed by atoms with Crippen LogP contribution in [0, 0.1) is 5.92 Å². The van der Waals surface area contributed by atoms with Crippen molar-refractivity contribution >= 4 is 11.3 Å². The topological polar surface area (TPSA) is 24.9 Å². The largest absolute Gasteiger partial charge is 0.316 e. The second-order valence-electron chi connectivity index (χ2n) is 3.34. The van der Waals surface area contributed by atoms with Crippen LogP contribution < -0.4 is 5.32 Å². The zero-order valence-electron chi connectivity index (χ0n) is 7.12. The van der Waals surface area contributed by atoms with Crippen molar-refractivity contribution in [1.29, 1.82) is 0 Å². The molecule has 0 bridgehead atoms. The van der Waals surface area contributed by atoms with E-state index < -0.39 is 0 Å². The van der Waals surface area contributed by atoms with Gasteiger partial charge < -0.3 is 5.32 Å².